The van der Waals surface area contributed by atoms with E-state index in [0.29, 0.717) is 0 Å². The molecule has 0 amide bonds. The minimum Gasteiger partial charge on any atom is -0.317 e. The molecule has 1 rings (SSSR count). The van der Waals surface area contributed by atoms with Gasteiger partial charge in [-0.2, -0.15) is 12.6 Å². The van der Waals surface area contributed by atoms with Crippen LogP contribution in [0, 0.1) is 5.92 Å². The SMILES string of the molecule is SCCCNCCC1CCCCC1. The van der Waals surface area contributed by atoms with Gasteiger partial charge in [-0.1, -0.05) is 32.1 Å². The van der Waals surface area contributed by atoms with Crippen LogP contribution in [0.4, 0.5) is 0 Å². The van der Waals surface area contributed by atoms with Crippen LogP contribution in [0.15, 0.2) is 0 Å². The first kappa shape index (κ1) is 11.4. The Morgan fingerprint density at radius 2 is 1.85 bits per heavy atom. The Bertz CT molecular complexity index is 111. The highest BCUT2D eigenvalue weighted by atomic mass is 32.1. The van der Waals surface area contributed by atoms with Gasteiger partial charge in [0.15, 0.2) is 0 Å². The number of nitrogens with one attached hydrogen (secondary N) is 1. The van der Waals surface area contributed by atoms with Crippen molar-refractivity contribution in [2.24, 2.45) is 5.92 Å². The van der Waals surface area contributed by atoms with Gasteiger partial charge in [-0.3, -0.25) is 0 Å². The van der Waals surface area contributed by atoms with Crippen LogP contribution in [0.5, 0.6) is 0 Å². The minimum atomic E-state index is 1.01. The van der Waals surface area contributed by atoms with Gasteiger partial charge >= 0.3 is 0 Å². The van der Waals surface area contributed by atoms with Crippen LogP contribution in [0.2, 0.25) is 0 Å². The van der Waals surface area contributed by atoms with Crippen molar-refractivity contribution in [2.75, 3.05) is 18.8 Å². The summed E-state index contributed by atoms with van der Waals surface area (Å²) < 4.78 is 0. The van der Waals surface area contributed by atoms with E-state index in [9.17, 15) is 0 Å². The van der Waals surface area contributed by atoms with E-state index in [1.54, 1.807) is 0 Å². The summed E-state index contributed by atoms with van der Waals surface area (Å²) in [4.78, 5) is 0. The average Bonchev–Trinajstić information content (AvgIpc) is 2.19. The maximum absolute atomic E-state index is 4.18. The predicted octanol–water partition coefficient (Wildman–Crippen LogP) is 2.87. The fourth-order valence-electron chi connectivity index (χ4n) is 2.11. The molecule has 0 aromatic heterocycles. The second kappa shape index (κ2) is 7.69. The molecule has 0 aliphatic heterocycles. The molecule has 2 heteroatoms. The Hall–Kier alpha value is 0.310. The maximum Gasteiger partial charge on any atom is -0.00411 e. The second-order valence-corrected chi connectivity index (χ2v) is 4.57. The van der Waals surface area contributed by atoms with E-state index in [0.717, 1.165) is 18.2 Å². The van der Waals surface area contributed by atoms with Gasteiger partial charge in [0.2, 0.25) is 0 Å². The molecular weight excluding hydrogens is 178 g/mol. The Morgan fingerprint density at radius 3 is 2.54 bits per heavy atom. The van der Waals surface area contributed by atoms with Crippen LogP contribution < -0.4 is 5.32 Å². The lowest BCUT2D eigenvalue weighted by molar-refractivity contribution is 0.334. The largest absolute Gasteiger partial charge is 0.317 e. The zero-order valence-corrected chi connectivity index (χ0v) is 9.49. The van der Waals surface area contributed by atoms with E-state index in [4.69, 9.17) is 0 Å². The first-order valence-electron chi connectivity index (χ1n) is 5.75. The molecule has 0 aromatic carbocycles. The lowest BCUT2D eigenvalue weighted by Crippen LogP contribution is -2.20. The summed E-state index contributed by atoms with van der Waals surface area (Å²) in [5.41, 5.74) is 0. The molecule has 0 heterocycles. The van der Waals surface area contributed by atoms with Crippen molar-refractivity contribution in [1.29, 1.82) is 0 Å². The van der Waals surface area contributed by atoms with Gasteiger partial charge in [0.25, 0.3) is 0 Å². The van der Waals surface area contributed by atoms with Crippen molar-refractivity contribution in [3.8, 4) is 0 Å². The van der Waals surface area contributed by atoms with Crippen molar-refractivity contribution in [2.45, 2.75) is 44.9 Å². The van der Waals surface area contributed by atoms with Gasteiger partial charge in [0, 0.05) is 0 Å². The maximum atomic E-state index is 4.18. The summed E-state index contributed by atoms with van der Waals surface area (Å²) in [5, 5.41) is 3.48. The van der Waals surface area contributed by atoms with Gasteiger partial charge in [0.05, 0.1) is 0 Å². The monoisotopic (exact) mass is 201 g/mol. The van der Waals surface area contributed by atoms with Crippen LogP contribution in [-0.2, 0) is 0 Å². The molecule has 1 saturated carbocycles. The topological polar surface area (TPSA) is 12.0 Å². The zero-order valence-electron chi connectivity index (χ0n) is 8.60. The van der Waals surface area contributed by atoms with Gasteiger partial charge in [0.1, 0.15) is 0 Å². The summed E-state index contributed by atoms with van der Waals surface area (Å²) in [6.45, 7) is 2.37. The average molecular weight is 201 g/mol. The van der Waals surface area contributed by atoms with E-state index in [1.807, 2.05) is 0 Å². The molecule has 13 heavy (non-hydrogen) atoms. The molecule has 1 aliphatic carbocycles. The highest BCUT2D eigenvalue weighted by Gasteiger charge is 2.11. The van der Waals surface area contributed by atoms with Crippen LogP contribution in [0.3, 0.4) is 0 Å². The van der Waals surface area contributed by atoms with Crippen molar-refractivity contribution in [1.82, 2.24) is 5.32 Å². The standard InChI is InChI=1S/C11H23NS/c13-10-4-8-12-9-7-11-5-2-1-3-6-11/h11-13H,1-10H2. The highest BCUT2D eigenvalue weighted by Crippen LogP contribution is 2.25. The quantitative estimate of drug-likeness (QED) is 0.497. The van der Waals surface area contributed by atoms with E-state index < -0.39 is 0 Å². The highest BCUT2D eigenvalue weighted by molar-refractivity contribution is 7.80. The van der Waals surface area contributed by atoms with Crippen molar-refractivity contribution < 1.29 is 0 Å². The Kier molecular flexibility index (Phi) is 6.73. The summed E-state index contributed by atoms with van der Waals surface area (Å²) in [6, 6.07) is 0. The summed E-state index contributed by atoms with van der Waals surface area (Å²) in [6.07, 6.45) is 9.98. The van der Waals surface area contributed by atoms with Crippen molar-refractivity contribution in [3.63, 3.8) is 0 Å². The Labute approximate surface area is 88.1 Å². The van der Waals surface area contributed by atoms with Gasteiger partial charge in [-0.05, 0) is 37.6 Å². The smallest absolute Gasteiger partial charge is 0.00411 e. The molecular formula is C11H23NS. The van der Waals surface area contributed by atoms with Gasteiger partial charge in [-0.25, -0.2) is 0 Å². The van der Waals surface area contributed by atoms with E-state index in [2.05, 4.69) is 17.9 Å². The van der Waals surface area contributed by atoms with E-state index in [1.165, 1.54) is 51.5 Å². The summed E-state index contributed by atoms with van der Waals surface area (Å²) in [5.74, 6) is 2.04. The van der Waals surface area contributed by atoms with E-state index >= 15 is 0 Å². The molecule has 1 fully saturated rings. The minimum absolute atomic E-state index is 1.01. The Balaban J connectivity index is 1.86. The molecule has 1 aliphatic rings. The van der Waals surface area contributed by atoms with Crippen LogP contribution in [0.1, 0.15) is 44.9 Å². The molecule has 0 radical (unpaired) electrons. The fourth-order valence-corrected chi connectivity index (χ4v) is 2.27. The molecule has 1 N–H and O–H groups in total. The lowest BCUT2D eigenvalue weighted by Gasteiger charge is -2.21. The Morgan fingerprint density at radius 1 is 1.08 bits per heavy atom. The third kappa shape index (κ3) is 5.58. The molecule has 1 nitrogen and oxygen atoms in total. The van der Waals surface area contributed by atoms with Crippen molar-refractivity contribution >= 4 is 12.6 Å². The molecule has 0 bridgehead atoms. The molecule has 0 aromatic rings. The van der Waals surface area contributed by atoms with E-state index in [-0.39, 0.29) is 0 Å². The van der Waals surface area contributed by atoms with Gasteiger partial charge in [-0.15, -0.1) is 0 Å². The zero-order chi connectivity index (χ0) is 9.36. The third-order valence-corrected chi connectivity index (χ3v) is 3.28. The summed E-state index contributed by atoms with van der Waals surface area (Å²) >= 11 is 4.18. The molecule has 0 atom stereocenters. The van der Waals surface area contributed by atoms with Crippen LogP contribution in [-0.4, -0.2) is 18.8 Å². The second-order valence-electron chi connectivity index (χ2n) is 4.12. The molecule has 0 saturated heterocycles. The lowest BCUT2D eigenvalue weighted by atomic mass is 9.87. The number of hydrogen-bond donors (Lipinski definition) is 2. The number of hydrogen-bond acceptors (Lipinski definition) is 2. The van der Waals surface area contributed by atoms with Crippen molar-refractivity contribution in [3.05, 3.63) is 0 Å². The van der Waals surface area contributed by atoms with Crippen LogP contribution >= 0.6 is 12.6 Å². The third-order valence-electron chi connectivity index (χ3n) is 2.97. The number of thiol groups is 1. The predicted molar refractivity (Wildman–Crippen MR) is 62.5 cm³/mol. The fraction of sp³-hybridized carbons (Fsp3) is 1.00. The first-order chi connectivity index (χ1) is 6.43. The summed E-state index contributed by atoms with van der Waals surface area (Å²) in [7, 11) is 0. The molecule has 78 valence electrons. The van der Waals surface area contributed by atoms with Gasteiger partial charge < -0.3 is 5.32 Å². The molecule has 0 unspecified atom stereocenters. The van der Waals surface area contributed by atoms with Crippen LogP contribution in [0.25, 0.3) is 0 Å². The molecule has 0 spiro atoms. The first-order valence-corrected chi connectivity index (χ1v) is 6.38. The number of rotatable bonds is 6. The normalized spacial score (nSPS) is 19.2.